The molecule has 1 heterocycles. The third-order valence-corrected chi connectivity index (χ3v) is 5.49. The first-order chi connectivity index (χ1) is 11.2. The number of aryl methyl sites for hydroxylation is 1. The summed E-state index contributed by atoms with van der Waals surface area (Å²) in [6.45, 7) is 0. The third-order valence-electron chi connectivity index (χ3n) is 4.19. The van der Waals surface area contributed by atoms with E-state index in [1.54, 1.807) is 6.33 Å². The molecule has 1 aromatic carbocycles. The Balaban J connectivity index is 1.76. The molecule has 1 saturated carbocycles. The maximum absolute atomic E-state index is 12.9. The molecule has 122 valence electrons. The summed E-state index contributed by atoms with van der Waals surface area (Å²) in [4.78, 5) is 12.9. The van der Waals surface area contributed by atoms with E-state index in [9.17, 15) is 4.79 Å². The Morgan fingerprint density at radius 1 is 1.26 bits per heavy atom. The van der Waals surface area contributed by atoms with Gasteiger partial charge < -0.3 is 9.88 Å². The molecule has 1 aromatic heterocycles. The van der Waals surface area contributed by atoms with Crippen molar-refractivity contribution in [2.24, 2.45) is 7.05 Å². The second-order valence-electron chi connectivity index (χ2n) is 5.98. The summed E-state index contributed by atoms with van der Waals surface area (Å²) in [7, 11) is 1.89. The minimum Gasteiger partial charge on any atom is -0.352 e. The van der Waals surface area contributed by atoms with Crippen LogP contribution in [-0.4, -0.2) is 26.7 Å². The molecule has 0 spiro atoms. The van der Waals surface area contributed by atoms with E-state index in [1.165, 1.54) is 31.0 Å². The van der Waals surface area contributed by atoms with Gasteiger partial charge in [0.05, 0.1) is 0 Å². The molecular formula is C17H22N4OS. The fourth-order valence-corrected chi connectivity index (χ4v) is 3.90. The lowest BCUT2D eigenvalue weighted by Gasteiger charge is -2.25. The average Bonchev–Trinajstić information content (AvgIpc) is 2.99. The summed E-state index contributed by atoms with van der Waals surface area (Å²) in [6, 6.07) is 10.2. The van der Waals surface area contributed by atoms with Gasteiger partial charge in [-0.2, -0.15) is 0 Å². The van der Waals surface area contributed by atoms with E-state index in [-0.39, 0.29) is 11.2 Å². The summed E-state index contributed by atoms with van der Waals surface area (Å²) in [5.41, 5.74) is 0.994. The molecule has 2 aromatic rings. The Hall–Kier alpha value is -1.82. The predicted molar refractivity (Wildman–Crippen MR) is 91.1 cm³/mol. The van der Waals surface area contributed by atoms with Crippen LogP contribution in [0, 0.1) is 0 Å². The van der Waals surface area contributed by atoms with Crippen LogP contribution in [0.4, 0.5) is 0 Å². The van der Waals surface area contributed by atoms with Crippen LogP contribution >= 0.6 is 11.8 Å². The number of thioether (sulfide) groups is 1. The summed E-state index contributed by atoms with van der Waals surface area (Å²) in [5, 5.41) is 11.7. The van der Waals surface area contributed by atoms with Gasteiger partial charge in [0, 0.05) is 13.1 Å². The van der Waals surface area contributed by atoms with Crippen molar-refractivity contribution in [3.05, 3.63) is 42.2 Å². The number of carbonyl (C=O) groups is 1. The highest BCUT2D eigenvalue weighted by molar-refractivity contribution is 8.00. The third kappa shape index (κ3) is 4.13. The van der Waals surface area contributed by atoms with Gasteiger partial charge in [0.25, 0.3) is 0 Å². The molecule has 3 rings (SSSR count). The second kappa shape index (κ2) is 7.64. The fourth-order valence-electron chi connectivity index (χ4n) is 2.91. The van der Waals surface area contributed by atoms with Crippen LogP contribution in [0.15, 0.2) is 41.8 Å². The number of nitrogens with one attached hydrogen (secondary N) is 1. The maximum Gasteiger partial charge on any atom is 0.238 e. The van der Waals surface area contributed by atoms with Crippen molar-refractivity contribution in [3.8, 4) is 0 Å². The highest BCUT2D eigenvalue weighted by Gasteiger charge is 2.26. The van der Waals surface area contributed by atoms with Crippen LogP contribution in [-0.2, 0) is 11.8 Å². The Morgan fingerprint density at radius 3 is 2.65 bits per heavy atom. The molecule has 0 aliphatic heterocycles. The summed E-state index contributed by atoms with van der Waals surface area (Å²) >= 11 is 1.45. The number of nitrogens with zero attached hydrogens (tertiary/aromatic N) is 3. The van der Waals surface area contributed by atoms with Gasteiger partial charge in [-0.15, -0.1) is 10.2 Å². The quantitative estimate of drug-likeness (QED) is 0.856. The fraction of sp³-hybridized carbons (Fsp3) is 0.471. The van der Waals surface area contributed by atoms with Crippen molar-refractivity contribution in [1.29, 1.82) is 0 Å². The molecule has 0 radical (unpaired) electrons. The van der Waals surface area contributed by atoms with Gasteiger partial charge in [-0.05, 0) is 18.4 Å². The van der Waals surface area contributed by atoms with Crippen molar-refractivity contribution in [2.75, 3.05) is 0 Å². The monoisotopic (exact) mass is 330 g/mol. The second-order valence-corrected chi connectivity index (χ2v) is 7.05. The van der Waals surface area contributed by atoms with Crippen LogP contribution in [0.2, 0.25) is 0 Å². The van der Waals surface area contributed by atoms with Crippen molar-refractivity contribution >= 4 is 17.7 Å². The SMILES string of the molecule is Cn1cnnc1S[C@@H](C(=O)NC1CCCCC1)c1ccccc1. The number of aromatic nitrogens is 3. The van der Waals surface area contributed by atoms with Crippen molar-refractivity contribution in [3.63, 3.8) is 0 Å². The molecule has 0 unspecified atom stereocenters. The van der Waals surface area contributed by atoms with Gasteiger partial charge in [0.2, 0.25) is 5.91 Å². The molecule has 1 atom stereocenters. The van der Waals surface area contributed by atoms with Gasteiger partial charge >= 0.3 is 0 Å². The molecule has 23 heavy (non-hydrogen) atoms. The Kier molecular flexibility index (Phi) is 5.33. The van der Waals surface area contributed by atoms with E-state index in [0.717, 1.165) is 23.6 Å². The van der Waals surface area contributed by atoms with E-state index < -0.39 is 0 Å². The molecule has 1 amide bonds. The zero-order valence-corrected chi connectivity index (χ0v) is 14.1. The number of hydrogen-bond donors (Lipinski definition) is 1. The molecule has 5 nitrogen and oxygen atoms in total. The predicted octanol–water partition coefficient (Wildman–Crippen LogP) is 3.10. The van der Waals surface area contributed by atoms with Gasteiger partial charge in [-0.25, -0.2) is 0 Å². The van der Waals surface area contributed by atoms with Crippen LogP contribution < -0.4 is 5.32 Å². The average molecular weight is 330 g/mol. The van der Waals surface area contributed by atoms with Gasteiger partial charge in [-0.3, -0.25) is 4.79 Å². The molecule has 6 heteroatoms. The molecule has 1 aliphatic carbocycles. The zero-order valence-electron chi connectivity index (χ0n) is 13.3. The van der Waals surface area contributed by atoms with Gasteiger partial charge in [0.15, 0.2) is 5.16 Å². The van der Waals surface area contributed by atoms with Crippen LogP contribution in [0.1, 0.15) is 42.9 Å². The molecule has 1 fully saturated rings. The number of amides is 1. The molecule has 0 bridgehead atoms. The lowest BCUT2D eigenvalue weighted by molar-refractivity contribution is -0.121. The van der Waals surface area contributed by atoms with E-state index in [1.807, 2.05) is 41.9 Å². The minimum atomic E-state index is -0.305. The first-order valence-electron chi connectivity index (χ1n) is 8.10. The standard InChI is InChI=1S/C17H22N4OS/c1-21-12-18-20-17(21)23-15(13-8-4-2-5-9-13)16(22)19-14-10-6-3-7-11-14/h2,4-5,8-9,12,14-15H,3,6-7,10-11H2,1H3,(H,19,22)/t15-/m1/s1. The minimum absolute atomic E-state index is 0.0658. The largest absolute Gasteiger partial charge is 0.352 e. The van der Waals surface area contributed by atoms with Crippen molar-refractivity contribution in [2.45, 2.75) is 48.6 Å². The Bertz CT molecular complexity index is 637. The van der Waals surface area contributed by atoms with E-state index >= 15 is 0 Å². The molecule has 0 saturated heterocycles. The normalized spacial score (nSPS) is 16.9. The summed E-state index contributed by atoms with van der Waals surface area (Å²) < 4.78 is 1.84. The lowest BCUT2D eigenvalue weighted by Crippen LogP contribution is -2.38. The summed E-state index contributed by atoms with van der Waals surface area (Å²) in [5.74, 6) is 0.0658. The number of carbonyl (C=O) groups excluding carboxylic acids is 1. The summed E-state index contributed by atoms with van der Waals surface area (Å²) in [6.07, 6.45) is 7.52. The van der Waals surface area contributed by atoms with E-state index in [0.29, 0.717) is 6.04 Å². The number of rotatable bonds is 5. The maximum atomic E-state index is 12.9. The highest BCUT2D eigenvalue weighted by atomic mass is 32.2. The van der Waals surface area contributed by atoms with Crippen LogP contribution in [0.3, 0.4) is 0 Å². The van der Waals surface area contributed by atoms with E-state index in [4.69, 9.17) is 0 Å². The van der Waals surface area contributed by atoms with Crippen LogP contribution in [0.5, 0.6) is 0 Å². The van der Waals surface area contributed by atoms with Crippen molar-refractivity contribution < 1.29 is 4.79 Å². The number of hydrogen-bond acceptors (Lipinski definition) is 4. The van der Waals surface area contributed by atoms with Crippen molar-refractivity contribution in [1.82, 2.24) is 20.1 Å². The Morgan fingerprint density at radius 2 is 2.00 bits per heavy atom. The lowest BCUT2D eigenvalue weighted by atomic mass is 9.95. The Labute approximate surface area is 140 Å². The van der Waals surface area contributed by atoms with Crippen LogP contribution in [0.25, 0.3) is 0 Å². The molecule has 1 aliphatic rings. The van der Waals surface area contributed by atoms with Gasteiger partial charge in [0.1, 0.15) is 11.6 Å². The zero-order chi connectivity index (χ0) is 16.1. The smallest absolute Gasteiger partial charge is 0.238 e. The first-order valence-corrected chi connectivity index (χ1v) is 8.98. The van der Waals surface area contributed by atoms with E-state index in [2.05, 4.69) is 15.5 Å². The number of benzene rings is 1. The molecule has 1 N–H and O–H groups in total. The topological polar surface area (TPSA) is 59.8 Å². The van der Waals surface area contributed by atoms with Gasteiger partial charge in [-0.1, -0.05) is 61.4 Å². The first kappa shape index (κ1) is 16.1. The molecular weight excluding hydrogens is 308 g/mol. The highest BCUT2D eigenvalue weighted by Crippen LogP contribution is 2.34.